The third-order valence-electron chi connectivity index (χ3n) is 1.58. The Labute approximate surface area is 89.9 Å². The number of carboxylic acid groups (broad SMARTS) is 2. The van der Waals surface area contributed by atoms with E-state index in [0.717, 1.165) is 6.42 Å². The van der Waals surface area contributed by atoms with Crippen molar-refractivity contribution in [2.75, 3.05) is 0 Å². The molecule has 0 aromatic heterocycles. The van der Waals surface area contributed by atoms with Crippen LogP contribution >= 0.6 is 0 Å². The first kappa shape index (κ1) is 15.9. The first-order valence-corrected chi connectivity index (χ1v) is 4.67. The van der Waals surface area contributed by atoms with Crippen molar-refractivity contribution in [3.63, 3.8) is 0 Å². The molecule has 4 heteroatoms. The summed E-state index contributed by atoms with van der Waals surface area (Å²) in [7, 11) is 0. The number of aliphatic carboxylic acids is 2. The van der Waals surface area contributed by atoms with Gasteiger partial charge in [-0.15, -0.1) is 0 Å². The number of carbonyl (C=O) groups is 2. The summed E-state index contributed by atoms with van der Waals surface area (Å²) >= 11 is 0. The largest absolute Gasteiger partial charge is 0.478 e. The maximum Gasteiger partial charge on any atom is 0.330 e. The average Bonchev–Trinajstić information content (AvgIpc) is 2.17. The molecule has 0 aromatic carbocycles. The third kappa shape index (κ3) is 10.3. The summed E-state index contributed by atoms with van der Waals surface area (Å²) in [6.07, 6.45) is 3.00. The van der Waals surface area contributed by atoms with Gasteiger partial charge in [-0.25, -0.2) is 9.59 Å². The number of carboxylic acids is 2. The second-order valence-electron chi connectivity index (χ2n) is 2.86. The first-order chi connectivity index (χ1) is 6.86. The van der Waals surface area contributed by atoms with Crippen molar-refractivity contribution in [3.8, 4) is 0 Å². The zero-order valence-corrected chi connectivity index (χ0v) is 9.41. The molecular formula is C11H18O4. The van der Waals surface area contributed by atoms with Gasteiger partial charge in [0, 0.05) is 11.1 Å². The van der Waals surface area contributed by atoms with E-state index in [-0.39, 0.29) is 5.57 Å². The number of hydrogen-bond acceptors (Lipinski definition) is 2. The van der Waals surface area contributed by atoms with E-state index in [1.807, 2.05) is 6.92 Å². The van der Waals surface area contributed by atoms with Gasteiger partial charge in [-0.1, -0.05) is 26.5 Å². The quantitative estimate of drug-likeness (QED) is 0.705. The fraction of sp³-hybridized carbons (Fsp3) is 0.455. The van der Waals surface area contributed by atoms with Gasteiger partial charge < -0.3 is 10.2 Å². The minimum absolute atomic E-state index is 0.264. The number of hydrogen-bond donors (Lipinski definition) is 2. The molecule has 0 saturated carbocycles. The topological polar surface area (TPSA) is 74.6 Å². The molecule has 0 aliphatic heterocycles. The van der Waals surface area contributed by atoms with Crippen molar-refractivity contribution < 1.29 is 19.8 Å². The number of allylic oxidation sites excluding steroid dienone is 1. The molecule has 0 atom stereocenters. The maximum absolute atomic E-state index is 10.0. The Hall–Kier alpha value is -1.58. The van der Waals surface area contributed by atoms with Gasteiger partial charge in [0.25, 0.3) is 0 Å². The maximum atomic E-state index is 10.0. The van der Waals surface area contributed by atoms with E-state index in [9.17, 15) is 9.59 Å². The monoisotopic (exact) mass is 214 g/mol. The highest BCUT2D eigenvalue weighted by Crippen LogP contribution is 1.93. The second kappa shape index (κ2) is 8.99. The molecule has 0 aromatic rings. The Morgan fingerprint density at radius 3 is 1.73 bits per heavy atom. The zero-order chi connectivity index (χ0) is 12.4. The summed E-state index contributed by atoms with van der Waals surface area (Å²) < 4.78 is 0. The van der Waals surface area contributed by atoms with Gasteiger partial charge >= 0.3 is 11.9 Å². The van der Waals surface area contributed by atoms with Crippen LogP contribution in [0.5, 0.6) is 0 Å². The molecule has 0 saturated heterocycles. The molecule has 86 valence electrons. The van der Waals surface area contributed by atoms with E-state index < -0.39 is 11.9 Å². The molecule has 2 N–H and O–H groups in total. The van der Waals surface area contributed by atoms with E-state index >= 15 is 0 Å². The summed E-state index contributed by atoms with van der Waals surface area (Å²) in [5.41, 5.74) is 0.688. The van der Waals surface area contributed by atoms with E-state index in [1.165, 1.54) is 0 Å². The van der Waals surface area contributed by atoms with Crippen molar-refractivity contribution in [3.05, 3.63) is 23.8 Å². The van der Waals surface area contributed by atoms with E-state index in [1.54, 1.807) is 19.9 Å². The Morgan fingerprint density at radius 2 is 1.67 bits per heavy atom. The molecule has 0 unspecified atom stereocenters. The highest BCUT2D eigenvalue weighted by Gasteiger charge is 1.96. The van der Waals surface area contributed by atoms with Gasteiger partial charge in [-0.05, 0) is 19.8 Å². The van der Waals surface area contributed by atoms with Gasteiger partial charge in [0.05, 0.1) is 0 Å². The smallest absolute Gasteiger partial charge is 0.330 e. The van der Waals surface area contributed by atoms with E-state index in [4.69, 9.17) is 10.2 Å². The fourth-order valence-electron chi connectivity index (χ4n) is 0.545. The first-order valence-electron chi connectivity index (χ1n) is 4.67. The highest BCUT2D eigenvalue weighted by atomic mass is 16.4. The Morgan fingerprint density at radius 1 is 1.20 bits per heavy atom. The van der Waals surface area contributed by atoms with Gasteiger partial charge in [-0.3, -0.25) is 0 Å². The Kier molecular flexibility index (Phi) is 9.52. The molecule has 0 radical (unpaired) electrons. The summed E-state index contributed by atoms with van der Waals surface area (Å²) in [4.78, 5) is 19.9. The normalized spacial score (nSPS) is 9.93. The molecule has 15 heavy (non-hydrogen) atoms. The molecule has 0 amide bonds. The molecule has 0 aliphatic rings. The van der Waals surface area contributed by atoms with Crippen molar-refractivity contribution in [1.82, 2.24) is 0 Å². The summed E-state index contributed by atoms with van der Waals surface area (Å²) in [6.45, 7) is 8.53. The van der Waals surface area contributed by atoms with Crippen LogP contribution in [0.15, 0.2) is 23.8 Å². The molecule has 0 bridgehead atoms. The SMILES string of the molecule is C=C(CC)C(=O)O.CC/C=C(\C)C(=O)O. The molecule has 4 nitrogen and oxygen atoms in total. The molecule has 0 aliphatic carbocycles. The lowest BCUT2D eigenvalue weighted by Crippen LogP contribution is -1.95. The van der Waals surface area contributed by atoms with Crippen LogP contribution in [0.4, 0.5) is 0 Å². The van der Waals surface area contributed by atoms with Crippen molar-refractivity contribution in [2.45, 2.75) is 33.6 Å². The minimum atomic E-state index is -0.900. The number of rotatable bonds is 4. The van der Waals surface area contributed by atoms with E-state index in [2.05, 4.69) is 6.58 Å². The Bertz CT molecular complexity index is 264. The third-order valence-corrected chi connectivity index (χ3v) is 1.58. The van der Waals surface area contributed by atoms with Crippen LogP contribution < -0.4 is 0 Å². The van der Waals surface area contributed by atoms with Crippen LogP contribution in [0.25, 0.3) is 0 Å². The summed E-state index contributed by atoms with van der Waals surface area (Å²) in [5.74, 6) is -1.73. The Balaban J connectivity index is 0. The lowest BCUT2D eigenvalue weighted by atomic mass is 10.2. The predicted molar refractivity (Wildman–Crippen MR) is 58.8 cm³/mol. The van der Waals surface area contributed by atoms with Crippen LogP contribution in [0, 0.1) is 0 Å². The van der Waals surface area contributed by atoms with Gasteiger partial charge in [-0.2, -0.15) is 0 Å². The second-order valence-corrected chi connectivity index (χ2v) is 2.86. The van der Waals surface area contributed by atoms with Crippen molar-refractivity contribution in [1.29, 1.82) is 0 Å². The van der Waals surface area contributed by atoms with Gasteiger partial charge in [0.15, 0.2) is 0 Å². The van der Waals surface area contributed by atoms with Crippen LogP contribution in [-0.4, -0.2) is 22.2 Å². The zero-order valence-electron chi connectivity index (χ0n) is 9.41. The fourth-order valence-corrected chi connectivity index (χ4v) is 0.545. The van der Waals surface area contributed by atoms with Gasteiger partial charge in [0.1, 0.15) is 0 Å². The van der Waals surface area contributed by atoms with Crippen LogP contribution in [0.3, 0.4) is 0 Å². The molecule has 0 spiro atoms. The summed E-state index contributed by atoms with van der Waals surface area (Å²) in [6, 6.07) is 0. The molecule has 0 heterocycles. The molecular weight excluding hydrogens is 196 g/mol. The minimum Gasteiger partial charge on any atom is -0.478 e. The standard InChI is InChI=1S/C6H10O2.C5H8O2/c1-3-4-5(2)6(7)8;1-3-4(2)5(6)7/h4H,3H2,1-2H3,(H,7,8);2-3H2,1H3,(H,6,7)/b5-4+;. The van der Waals surface area contributed by atoms with Crippen LogP contribution in [-0.2, 0) is 9.59 Å². The summed E-state index contributed by atoms with van der Waals surface area (Å²) in [5, 5.41) is 16.3. The van der Waals surface area contributed by atoms with Crippen molar-refractivity contribution in [2.24, 2.45) is 0 Å². The van der Waals surface area contributed by atoms with Crippen molar-refractivity contribution >= 4 is 11.9 Å². The predicted octanol–water partition coefficient (Wildman–Crippen LogP) is 2.46. The molecule has 0 fully saturated rings. The molecule has 0 rings (SSSR count). The van der Waals surface area contributed by atoms with Crippen LogP contribution in [0.1, 0.15) is 33.6 Å². The van der Waals surface area contributed by atoms with E-state index in [0.29, 0.717) is 12.0 Å². The average molecular weight is 214 g/mol. The van der Waals surface area contributed by atoms with Crippen LogP contribution in [0.2, 0.25) is 0 Å². The lowest BCUT2D eigenvalue weighted by molar-refractivity contribution is -0.133. The lowest BCUT2D eigenvalue weighted by Gasteiger charge is -1.87. The highest BCUT2D eigenvalue weighted by molar-refractivity contribution is 5.85. The van der Waals surface area contributed by atoms with Gasteiger partial charge in [0.2, 0.25) is 0 Å².